The van der Waals surface area contributed by atoms with Gasteiger partial charge < -0.3 is 5.32 Å². The summed E-state index contributed by atoms with van der Waals surface area (Å²) < 4.78 is 1.52. The molecule has 0 fully saturated rings. The maximum Gasteiger partial charge on any atom is 0.276 e. The number of halogens is 2. The molecule has 5 nitrogen and oxygen atoms in total. The van der Waals surface area contributed by atoms with Crippen LogP contribution in [0.5, 0.6) is 0 Å². The van der Waals surface area contributed by atoms with Gasteiger partial charge in [-0.25, -0.2) is 4.98 Å². The number of imidazole rings is 1. The van der Waals surface area contributed by atoms with E-state index < -0.39 is 0 Å². The predicted octanol–water partition coefficient (Wildman–Crippen LogP) is 3.66. The van der Waals surface area contributed by atoms with Gasteiger partial charge in [0.15, 0.2) is 5.69 Å². The number of amides is 1. The van der Waals surface area contributed by atoms with Crippen LogP contribution in [0.2, 0.25) is 10.0 Å². The summed E-state index contributed by atoms with van der Waals surface area (Å²) >= 11 is 13.1. The number of anilines is 1. The highest BCUT2D eigenvalue weighted by atomic mass is 35.5. The zero-order valence-corrected chi connectivity index (χ0v) is 12.6. The Morgan fingerprint density at radius 3 is 2.90 bits per heavy atom. The molecular formula is C12H8Cl2N4OS. The number of rotatable bonds is 2. The van der Waals surface area contributed by atoms with Crippen LogP contribution in [0.25, 0.3) is 4.96 Å². The summed E-state index contributed by atoms with van der Waals surface area (Å²) in [7, 11) is 0. The Hall–Kier alpha value is -1.63. The number of nitrogens with zero attached hydrogens (tertiary/aromatic N) is 3. The van der Waals surface area contributed by atoms with E-state index in [9.17, 15) is 4.79 Å². The molecule has 0 bridgehead atoms. The molecule has 20 heavy (non-hydrogen) atoms. The van der Waals surface area contributed by atoms with E-state index >= 15 is 0 Å². The number of hydrogen-bond donors (Lipinski definition) is 1. The van der Waals surface area contributed by atoms with Crippen LogP contribution in [0.3, 0.4) is 0 Å². The van der Waals surface area contributed by atoms with E-state index in [2.05, 4.69) is 15.4 Å². The monoisotopic (exact) mass is 326 g/mol. The molecule has 8 heteroatoms. The highest BCUT2D eigenvalue weighted by Crippen LogP contribution is 2.25. The minimum atomic E-state index is -0.292. The summed E-state index contributed by atoms with van der Waals surface area (Å²) in [6.45, 7) is 1.77. The molecule has 1 N–H and O–H groups in total. The molecule has 2 aromatic heterocycles. The van der Waals surface area contributed by atoms with E-state index in [0.717, 1.165) is 0 Å². The number of aromatic nitrogens is 3. The molecule has 0 spiro atoms. The van der Waals surface area contributed by atoms with Crippen LogP contribution in [0.15, 0.2) is 23.7 Å². The summed E-state index contributed by atoms with van der Waals surface area (Å²) in [5.74, 6) is -0.292. The molecule has 3 aromatic rings. The van der Waals surface area contributed by atoms with Crippen molar-refractivity contribution in [3.63, 3.8) is 0 Å². The van der Waals surface area contributed by atoms with Crippen molar-refractivity contribution in [3.05, 3.63) is 45.1 Å². The second-order valence-electron chi connectivity index (χ2n) is 4.06. The fourth-order valence-electron chi connectivity index (χ4n) is 1.82. The molecule has 0 radical (unpaired) electrons. The second-order valence-corrected chi connectivity index (χ2v) is 5.69. The van der Waals surface area contributed by atoms with E-state index in [1.807, 2.05) is 0 Å². The third kappa shape index (κ3) is 2.26. The first-order chi connectivity index (χ1) is 9.56. The zero-order chi connectivity index (χ0) is 14.3. The van der Waals surface area contributed by atoms with Gasteiger partial charge in [-0.2, -0.15) is 9.61 Å². The van der Waals surface area contributed by atoms with Gasteiger partial charge in [0, 0.05) is 5.69 Å². The van der Waals surface area contributed by atoms with Gasteiger partial charge in [-0.3, -0.25) is 4.79 Å². The first kappa shape index (κ1) is 13.4. The molecular weight excluding hydrogens is 319 g/mol. The fourth-order valence-corrected chi connectivity index (χ4v) is 2.78. The Labute approximate surface area is 128 Å². The first-order valence-corrected chi connectivity index (χ1v) is 7.25. The van der Waals surface area contributed by atoms with Gasteiger partial charge in [0.2, 0.25) is 4.96 Å². The summed E-state index contributed by atoms with van der Waals surface area (Å²) in [6.07, 6.45) is 0. The Kier molecular flexibility index (Phi) is 3.37. The standard InChI is InChI=1S/C12H8Cl2N4OS/c1-6-10(18-12(16-6)20-5-15-18)11(19)17-7-2-3-8(13)9(14)4-7/h2-5H,1H3,(H,17,19). The van der Waals surface area contributed by atoms with E-state index in [0.29, 0.717) is 32.1 Å². The van der Waals surface area contributed by atoms with Gasteiger partial charge in [-0.05, 0) is 25.1 Å². The normalized spacial score (nSPS) is 10.9. The number of hydrogen-bond acceptors (Lipinski definition) is 4. The van der Waals surface area contributed by atoms with Crippen molar-refractivity contribution in [2.45, 2.75) is 6.92 Å². The third-order valence-electron chi connectivity index (χ3n) is 2.71. The Morgan fingerprint density at radius 2 is 2.15 bits per heavy atom. The molecule has 0 saturated carbocycles. The van der Waals surface area contributed by atoms with Gasteiger partial charge >= 0.3 is 0 Å². The molecule has 1 aromatic carbocycles. The molecule has 1 amide bonds. The van der Waals surface area contributed by atoms with Gasteiger partial charge in [0.1, 0.15) is 5.51 Å². The van der Waals surface area contributed by atoms with E-state index in [1.165, 1.54) is 15.9 Å². The average Bonchev–Trinajstić information content (AvgIpc) is 2.93. The molecule has 2 heterocycles. The average molecular weight is 327 g/mol. The van der Waals surface area contributed by atoms with Gasteiger partial charge in [-0.1, -0.05) is 34.5 Å². The van der Waals surface area contributed by atoms with Crippen LogP contribution in [0, 0.1) is 6.92 Å². The Bertz CT molecular complexity index is 811. The second kappa shape index (κ2) is 5.05. The molecule has 102 valence electrons. The number of carbonyl (C=O) groups is 1. The lowest BCUT2D eigenvalue weighted by Gasteiger charge is -2.06. The lowest BCUT2D eigenvalue weighted by Crippen LogP contribution is -2.16. The van der Waals surface area contributed by atoms with Crippen molar-refractivity contribution in [1.29, 1.82) is 0 Å². The van der Waals surface area contributed by atoms with Crippen LogP contribution < -0.4 is 5.32 Å². The highest BCUT2D eigenvalue weighted by Gasteiger charge is 2.18. The van der Waals surface area contributed by atoms with Crippen molar-refractivity contribution in [2.75, 3.05) is 5.32 Å². The van der Waals surface area contributed by atoms with E-state index in [4.69, 9.17) is 23.2 Å². The maximum absolute atomic E-state index is 12.3. The van der Waals surface area contributed by atoms with Gasteiger partial charge in [-0.15, -0.1) is 0 Å². The van der Waals surface area contributed by atoms with Crippen LogP contribution in [-0.4, -0.2) is 20.5 Å². The largest absolute Gasteiger partial charge is 0.321 e. The highest BCUT2D eigenvalue weighted by molar-refractivity contribution is 7.14. The molecule has 0 saturated heterocycles. The van der Waals surface area contributed by atoms with Crippen LogP contribution in [-0.2, 0) is 0 Å². The minimum Gasteiger partial charge on any atom is -0.321 e. The SMILES string of the molecule is Cc1nc2scnn2c1C(=O)Nc1ccc(Cl)c(Cl)c1. The summed E-state index contributed by atoms with van der Waals surface area (Å²) in [5.41, 5.74) is 3.24. The minimum absolute atomic E-state index is 0.292. The Balaban J connectivity index is 1.94. The molecule has 3 rings (SSSR count). The van der Waals surface area contributed by atoms with Gasteiger partial charge in [0.25, 0.3) is 5.91 Å². The summed E-state index contributed by atoms with van der Waals surface area (Å²) in [4.78, 5) is 17.3. The van der Waals surface area contributed by atoms with Crippen molar-refractivity contribution in [2.24, 2.45) is 0 Å². The van der Waals surface area contributed by atoms with Crippen LogP contribution in [0.1, 0.15) is 16.2 Å². The molecule has 0 aliphatic rings. The number of nitrogens with one attached hydrogen (secondary N) is 1. The van der Waals surface area contributed by atoms with Crippen LogP contribution >= 0.6 is 34.5 Å². The molecule has 0 aliphatic carbocycles. The van der Waals surface area contributed by atoms with E-state index in [1.54, 1.807) is 30.6 Å². The number of carbonyl (C=O) groups excluding carboxylic acids is 1. The smallest absolute Gasteiger partial charge is 0.276 e. The zero-order valence-electron chi connectivity index (χ0n) is 10.2. The predicted molar refractivity (Wildman–Crippen MR) is 80.0 cm³/mol. The number of fused-ring (bicyclic) bond motifs is 1. The molecule has 0 atom stereocenters. The summed E-state index contributed by atoms with van der Waals surface area (Å²) in [6, 6.07) is 4.90. The quantitative estimate of drug-likeness (QED) is 0.781. The first-order valence-electron chi connectivity index (χ1n) is 5.61. The molecule has 0 aliphatic heterocycles. The lowest BCUT2D eigenvalue weighted by atomic mass is 10.3. The fraction of sp³-hybridized carbons (Fsp3) is 0.0833. The van der Waals surface area contributed by atoms with Crippen LogP contribution in [0.4, 0.5) is 5.69 Å². The lowest BCUT2D eigenvalue weighted by molar-refractivity contribution is 0.102. The van der Waals surface area contributed by atoms with E-state index in [-0.39, 0.29) is 5.91 Å². The van der Waals surface area contributed by atoms with Crippen molar-refractivity contribution >= 4 is 51.1 Å². The van der Waals surface area contributed by atoms with Crippen molar-refractivity contribution in [1.82, 2.24) is 14.6 Å². The number of benzene rings is 1. The summed E-state index contributed by atoms with van der Waals surface area (Å²) in [5, 5.41) is 7.68. The van der Waals surface area contributed by atoms with Crippen molar-refractivity contribution in [3.8, 4) is 0 Å². The topological polar surface area (TPSA) is 59.3 Å². The third-order valence-corrected chi connectivity index (χ3v) is 4.13. The van der Waals surface area contributed by atoms with Gasteiger partial charge in [0.05, 0.1) is 15.7 Å². The Morgan fingerprint density at radius 1 is 1.35 bits per heavy atom. The number of aryl methyl sites for hydroxylation is 1. The maximum atomic E-state index is 12.3. The van der Waals surface area contributed by atoms with Crippen molar-refractivity contribution < 1.29 is 4.79 Å². The molecule has 0 unspecified atom stereocenters.